The summed E-state index contributed by atoms with van der Waals surface area (Å²) in [7, 11) is 3.13. The maximum Gasteiger partial charge on any atom is 0.223 e. The summed E-state index contributed by atoms with van der Waals surface area (Å²) in [6, 6.07) is 6.19. The molecule has 6 nitrogen and oxygen atoms in total. The van der Waals surface area contributed by atoms with Crippen LogP contribution in [0.1, 0.15) is 0 Å². The van der Waals surface area contributed by atoms with Crippen molar-refractivity contribution < 1.29 is 9.13 Å². The molecule has 1 aromatic heterocycles. The average molecular weight is 263 g/mol. The first kappa shape index (κ1) is 12.9. The van der Waals surface area contributed by atoms with E-state index in [1.807, 2.05) is 0 Å². The quantitative estimate of drug-likeness (QED) is 0.782. The summed E-state index contributed by atoms with van der Waals surface area (Å²) in [5.74, 6) is 0.903. The van der Waals surface area contributed by atoms with E-state index in [2.05, 4.69) is 20.6 Å². The van der Waals surface area contributed by atoms with E-state index >= 15 is 0 Å². The predicted octanol–water partition coefficient (Wildman–Crippen LogP) is 1.99. The molecule has 0 aliphatic rings. The molecule has 19 heavy (non-hydrogen) atoms. The Bertz CT molecular complexity index is 590. The van der Waals surface area contributed by atoms with Gasteiger partial charge in [-0.3, -0.25) is 0 Å². The Kier molecular flexibility index (Phi) is 3.65. The Morgan fingerprint density at radius 2 is 1.95 bits per heavy atom. The number of hydrogen-bond acceptors (Lipinski definition) is 6. The van der Waals surface area contributed by atoms with Gasteiger partial charge in [0, 0.05) is 24.9 Å². The topological polar surface area (TPSA) is 85.1 Å². The minimum absolute atomic E-state index is 0.128. The van der Waals surface area contributed by atoms with Crippen LogP contribution in [0.4, 0.5) is 27.7 Å². The number of nitrogens with zero attached hydrogens (tertiary/aromatic N) is 2. The molecular weight excluding hydrogens is 249 g/mol. The van der Waals surface area contributed by atoms with Crippen molar-refractivity contribution in [3.8, 4) is 5.75 Å². The molecule has 0 spiro atoms. The summed E-state index contributed by atoms with van der Waals surface area (Å²) in [4.78, 5) is 7.97. The number of anilines is 4. The normalized spacial score (nSPS) is 10.1. The number of hydrogen-bond donors (Lipinski definition) is 3. The second-order valence-corrected chi connectivity index (χ2v) is 3.72. The molecule has 1 heterocycles. The van der Waals surface area contributed by atoms with E-state index in [-0.39, 0.29) is 11.7 Å². The monoisotopic (exact) mass is 263 g/mol. The van der Waals surface area contributed by atoms with E-state index in [1.165, 1.54) is 19.2 Å². The van der Waals surface area contributed by atoms with Gasteiger partial charge in [-0.2, -0.15) is 9.97 Å². The van der Waals surface area contributed by atoms with Gasteiger partial charge in [-0.25, -0.2) is 4.39 Å². The third-order valence-corrected chi connectivity index (χ3v) is 2.42. The Hall–Kier alpha value is -2.57. The highest BCUT2D eigenvalue weighted by Gasteiger charge is 2.05. The fourth-order valence-electron chi connectivity index (χ4n) is 1.55. The van der Waals surface area contributed by atoms with Gasteiger partial charge in [0.1, 0.15) is 11.6 Å². The van der Waals surface area contributed by atoms with Crippen molar-refractivity contribution in [3.63, 3.8) is 0 Å². The van der Waals surface area contributed by atoms with Crippen LogP contribution in [0.15, 0.2) is 24.3 Å². The summed E-state index contributed by atoms with van der Waals surface area (Å²) >= 11 is 0. The fraction of sp³-hybridized carbons (Fsp3) is 0.167. The first-order valence-corrected chi connectivity index (χ1v) is 5.55. The van der Waals surface area contributed by atoms with Gasteiger partial charge in [-0.05, 0) is 12.1 Å². The number of nitrogen functional groups attached to an aromatic ring is 1. The molecular formula is C12H14FN5O. The standard InChI is InChI=1S/C12H14FN5O/c1-15-10-6-11(18-12(14)17-10)16-7-3-4-9(19-2)8(13)5-7/h3-6H,1-2H3,(H4,14,15,16,17,18). The van der Waals surface area contributed by atoms with E-state index in [0.29, 0.717) is 17.3 Å². The zero-order valence-electron chi connectivity index (χ0n) is 10.6. The molecule has 0 saturated heterocycles. The van der Waals surface area contributed by atoms with Crippen LogP contribution in [0.25, 0.3) is 0 Å². The highest BCUT2D eigenvalue weighted by atomic mass is 19.1. The molecule has 0 saturated carbocycles. The first-order chi connectivity index (χ1) is 9.12. The molecule has 2 rings (SSSR count). The maximum absolute atomic E-state index is 13.5. The SMILES string of the molecule is CNc1cc(Nc2ccc(OC)c(F)c2)nc(N)n1. The number of rotatable bonds is 4. The van der Waals surface area contributed by atoms with E-state index in [9.17, 15) is 4.39 Å². The lowest BCUT2D eigenvalue weighted by atomic mass is 10.3. The molecule has 0 aliphatic heterocycles. The van der Waals surface area contributed by atoms with E-state index in [1.54, 1.807) is 19.2 Å². The second kappa shape index (κ2) is 5.38. The molecule has 100 valence electrons. The maximum atomic E-state index is 13.5. The van der Waals surface area contributed by atoms with Crippen molar-refractivity contribution in [3.05, 3.63) is 30.1 Å². The zero-order valence-corrected chi connectivity index (χ0v) is 10.6. The van der Waals surface area contributed by atoms with Crippen molar-refractivity contribution in [1.29, 1.82) is 0 Å². The van der Waals surface area contributed by atoms with Crippen LogP contribution in [-0.4, -0.2) is 24.1 Å². The summed E-state index contributed by atoms with van der Waals surface area (Å²) in [6.45, 7) is 0. The minimum atomic E-state index is -0.455. The highest BCUT2D eigenvalue weighted by Crippen LogP contribution is 2.23. The molecule has 0 fully saturated rings. The van der Waals surface area contributed by atoms with Gasteiger partial charge in [0.15, 0.2) is 11.6 Å². The van der Waals surface area contributed by atoms with Crippen LogP contribution in [0.5, 0.6) is 5.75 Å². The van der Waals surface area contributed by atoms with Crippen LogP contribution in [0.3, 0.4) is 0 Å². The van der Waals surface area contributed by atoms with E-state index < -0.39 is 5.82 Å². The second-order valence-electron chi connectivity index (χ2n) is 3.72. The Morgan fingerprint density at radius 3 is 2.58 bits per heavy atom. The molecule has 0 atom stereocenters. The van der Waals surface area contributed by atoms with Crippen molar-refractivity contribution >= 4 is 23.3 Å². The zero-order chi connectivity index (χ0) is 13.8. The van der Waals surface area contributed by atoms with Gasteiger partial charge in [0.2, 0.25) is 5.95 Å². The number of benzene rings is 1. The Morgan fingerprint density at radius 1 is 1.21 bits per heavy atom. The third kappa shape index (κ3) is 3.01. The summed E-state index contributed by atoms with van der Waals surface area (Å²) in [5.41, 5.74) is 6.11. The molecule has 0 aliphatic carbocycles. The minimum Gasteiger partial charge on any atom is -0.494 e. The lowest BCUT2D eigenvalue weighted by molar-refractivity contribution is 0.386. The van der Waals surface area contributed by atoms with Crippen LogP contribution in [-0.2, 0) is 0 Å². The molecule has 1 aromatic carbocycles. The average Bonchev–Trinajstić information content (AvgIpc) is 2.38. The summed E-state index contributed by atoms with van der Waals surface area (Å²) < 4.78 is 18.4. The molecule has 4 N–H and O–H groups in total. The van der Waals surface area contributed by atoms with Gasteiger partial charge in [0.25, 0.3) is 0 Å². The van der Waals surface area contributed by atoms with Crippen LogP contribution in [0, 0.1) is 5.82 Å². The number of methoxy groups -OCH3 is 1. The van der Waals surface area contributed by atoms with E-state index in [0.717, 1.165) is 0 Å². The van der Waals surface area contributed by atoms with Gasteiger partial charge in [0.05, 0.1) is 7.11 Å². The number of halogens is 1. The number of nitrogens with two attached hydrogens (primary N) is 1. The molecule has 0 amide bonds. The fourth-order valence-corrected chi connectivity index (χ4v) is 1.55. The molecule has 0 bridgehead atoms. The van der Waals surface area contributed by atoms with Gasteiger partial charge in [-0.15, -0.1) is 0 Å². The number of ether oxygens (including phenoxy) is 1. The van der Waals surface area contributed by atoms with Gasteiger partial charge >= 0.3 is 0 Å². The smallest absolute Gasteiger partial charge is 0.223 e. The molecule has 7 heteroatoms. The van der Waals surface area contributed by atoms with Gasteiger partial charge in [-0.1, -0.05) is 0 Å². The largest absolute Gasteiger partial charge is 0.494 e. The first-order valence-electron chi connectivity index (χ1n) is 5.55. The summed E-state index contributed by atoms with van der Waals surface area (Å²) in [5, 5.41) is 5.80. The van der Waals surface area contributed by atoms with Crippen LogP contribution in [0.2, 0.25) is 0 Å². The Balaban J connectivity index is 2.25. The number of nitrogens with one attached hydrogen (secondary N) is 2. The van der Waals surface area contributed by atoms with Crippen molar-refractivity contribution in [1.82, 2.24) is 9.97 Å². The molecule has 0 radical (unpaired) electrons. The number of aromatic nitrogens is 2. The predicted molar refractivity (Wildman–Crippen MR) is 72.2 cm³/mol. The summed E-state index contributed by atoms with van der Waals surface area (Å²) in [6.07, 6.45) is 0. The molecule has 0 unspecified atom stereocenters. The van der Waals surface area contributed by atoms with Crippen molar-refractivity contribution in [2.45, 2.75) is 0 Å². The third-order valence-electron chi connectivity index (χ3n) is 2.42. The van der Waals surface area contributed by atoms with Crippen LogP contribution >= 0.6 is 0 Å². The van der Waals surface area contributed by atoms with Crippen LogP contribution < -0.4 is 21.1 Å². The Labute approximate surface area is 109 Å². The van der Waals surface area contributed by atoms with Gasteiger partial charge < -0.3 is 21.1 Å². The van der Waals surface area contributed by atoms with Crippen molar-refractivity contribution in [2.24, 2.45) is 0 Å². The lowest BCUT2D eigenvalue weighted by Gasteiger charge is -2.09. The van der Waals surface area contributed by atoms with E-state index in [4.69, 9.17) is 10.5 Å². The van der Waals surface area contributed by atoms with Crippen molar-refractivity contribution in [2.75, 3.05) is 30.5 Å². The highest BCUT2D eigenvalue weighted by molar-refractivity contribution is 5.61. The lowest BCUT2D eigenvalue weighted by Crippen LogP contribution is -2.03. The molecule has 2 aromatic rings.